The maximum absolute atomic E-state index is 14.5. The Kier molecular flexibility index (Phi) is 3.18. The second-order valence-corrected chi connectivity index (χ2v) is 6.23. The van der Waals surface area contributed by atoms with Crippen LogP contribution in [0.2, 0.25) is 0 Å². The minimum Gasteiger partial charge on any atom is -0.227 e. The molecule has 28 heavy (non-hydrogen) atoms. The third-order valence-electron chi connectivity index (χ3n) is 5.06. The predicted molar refractivity (Wildman–Crippen MR) is 48.0 cm³/mol. The number of rotatable bonds is 0. The molecule has 4 atom stereocenters. The highest BCUT2D eigenvalue weighted by Crippen LogP contribution is 2.85. The van der Waals surface area contributed by atoms with Gasteiger partial charge in [-0.3, -0.25) is 0 Å². The van der Waals surface area contributed by atoms with E-state index < -0.39 is 63.7 Å². The maximum atomic E-state index is 14.5. The summed E-state index contributed by atoms with van der Waals surface area (Å²) in [6, 6.07) is -15.3. The van der Waals surface area contributed by atoms with E-state index in [9.17, 15) is 74.6 Å². The normalized spacial score (nSPS) is 50.2. The van der Waals surface area contributed by atoms with Crippen molar-refractivity contribution in [3.63, 3.8) is 0 Å². The molecule has 2 bridgehead atoms. The van der Waals surface area contributed by atoms with E-state index in [4.69, 9.17) is 0 Å². The molecule has 0 aromatic heterocycles. The highest BCUT2D eigenvalue weighted by Gasteiger charge is 3.19. The van der Waals surface area contributed by atoms with E-state index in [1.165, 1.54) is 0 Å². The van der Waals surface area contributed by atoms with Crippen molar-refractivity contribution >= 4 is 0 Å². The van der Waals surface area contributed by atoms with Gasteiger partial charge in [-0.1, -0.05) is 0 Å². The van der Waals surface area contributed by atoms with Crippen molar-refractivity contribution in [2.75, 3.05) is 0 Å². The smallest absolute Gasteiger partial charge is 0.227 e. The number of hydrogen-bond acceptors (Lipinski definition) is 1. The van der Waals surface area contributed by atoms with Gasteiger partial charge in [-0.15, -0.1) is 4.90 Å². The number of alkyl halides is 17. The van der Waals surface area contributed by atoms with E-state index in [1.54, 1.807) is 0 Å². The Labute approximate surface area is 140 Å². The molecule has 0 N–H and O–H groups in total. The number of hydrogen-bond donors (Lipinski definition) is 0. The molecule has 0 aromatic rings. The summed E-state index contributed by atoms with van der Waals surface area (Å²) in [7, 11) is 0. The van der Waals surface area contributed by atoms with Gasteiger partial charge in [0.25, 0.3) is 11.5 Å². The number of fused-ring (bicyclic) bond motifs is 5. The highest BCUT2D eigenvalue weighted by molar-refractivity contribution is 5.47. The van der Waals surface area contributed by atoms with Gasteiger partial charge in [0, 0.05) is 0 Å². The molecule has 2 aliphatic heterocycles. The Hall–Kier alpha value is -1.23. The first-order valence-electron chi connectivity index (χ1n) is 6.38. The van der Waals surface area contributed by atoms with Crippen LogP contribution in [0.5, 0.6) is 0 Å². The van der Waals surface area contributed by atoms with Gasteiger partial charge >= 0.3 is 47.4 Å². The van der Waals surface area contributed by atoms with Crippen molar-refractivity contribution in [2.45, 2.75) is 58.8 Å². The summed E-state index contributed by atoms with van der Waals surface area (Å²) in [6.07, 6.45) is 0. The summed E-state index contributed by atoms with van der Waals surface area (Å²) < 4.78 is 233. The molecule has 3 rings (SSSR count). The van der Waals surface area contributed by atoms with E-state index in [0.29, 0.717) is 0 Å². The van der Waals surface area contributed by atoms with Crippen LogP contribution < -0.4 is 0 Å². The average Bonchev–Trinajstić information content (AvgIpc) is 2.63. The Morgan fingerprint density at radius 3 is 1.07 bits per heavy atom. The molecule has 4 unspecified atom stereocenters. The van der Waals surface area contributed by atoms with Crippen LogP contribution in [0, 0.1) is 0 Å². The first-order valence-corrected chi connectivity index (χ1v) is 6.38. The minimum atomic E-state index is -8.09. The first-order chi connectivity index (χ1) is 11.9. The van der Waals surface area contributed by atoms with Crippen molar-refractivity contribution in [2.24, 2.45) is 0 Å². The molecule has 3 aliphatic rings. The lowest BCUT2D eigenvalue weighted by molar-refractivity contribution is -0.490. The van der Waals surface area contributed by atoms with Gasteiger partial charge in [0.2, 0.25) is 0 Å². The highest BCUT2D eigenvalue weighted by atomic mass is 19.4. The molecular weight excluding hydrogens is 457 g/mol. The molecule has 18 heteroatoms. The lowest BCUT2D eigenvalue weighted by Crippen LogP contribution is -2.83. The van der Waals surface area contributed by atoms with Crippen molar-refractivity contribution in [1.29, 1.82) is 0 Å². The Morgan fingerprint density at radius 2 is 0.679 bits per heavy atom. The fraction of sp³-hybridized carbons (Fsp3) is 1.00. The van der Waals surface area contributed by atoms with Gasteiger partial charge in [-0.25, -0.2) is 13.2 Å². The zero-order valence-electron chi connectivity index (χ0n) is 11.9. The van der Waals surface area contributed by atoms with E-state index in [2.05, 4.69) is 0 Å². The second-order valence-electron chi connectivity index (χ2n) is 6.23. The van der Waals surface area contributed by atoms with E-state index in [1.807, 2.05) is 0 Å². The van der Waals surface area contributed by atoms with Crippen LogP contribution in [-0.2, 0) is 0 Å². The molecular formula is C10F17N. The summed E-state index contributed by atoms with van der Waals surface area (Å²) >= 11 is 0. The van der Waals surface area contributed by atoms with Gasteiger partial charge in [0.15, 0.2) is 0 Å². The number of halogens is 17. The monoisotopic (exact) mass is 457 g/mol. The third kappa shape index (κ3) is 1.23. The van der Waals surface area contributed by atoms with Crippen LogP contribution in [-0.4, -0.2) is 63.7 Å². The SMILES string of the molecule is FC1(F)N2C(F)(F)C(F)(C(F)(F)C1(F)F)C1(F)C(F)(F)C(F)(F)C(F)(F)C21F. The van der Waals surface area contributed by atoms with Crippen molar-refractivity contribution in [3.8, 4) is 0 Å². The Balaban J connectivity index is 2.65. The van der Waals surface area contributed by atoms with Crippen molar-refractivity contribution in [3.05, 3.63) is 0 Å². The van der Waals surface area contributed by atoms with E-state index in [-0.39, 0.29) is 0 Å². The molecule has 0 radical (unpaired) electrons. The fourth-order valence-corrected chi connectivity index (χ4v) is 3.66. The topological polar surface area (TPSA) is 3.24 Å². The summed E-state index contributed by atoms with van der Waals surface area (Å²) in [5.41, 5.74) is -16.0. The van der Waals surface area contributed by atoms with Crippen molar-refractivity contribution < 1.29 is 74.6 Å². The van der Waals surface area contributed by atoms with Crippen LogP contribution in [0.15, 0.2) is 0 Å². The van der Waals surface area contributed by atoms with Crippen LogP contribution >= 0.6 is 0 Å². The Morgan fingerprint density at radius 1 is 0.321 bits per heavy atom. The molecule has 0 amide bonds. The Bertz CT molecular complexity index is 757. The van der Waals surface area contributed by atoms with Gasteiger partial charge < -0.3 is 0 Å². The molecule has 0 aromatic carbocycles. The molecule has 0 spiro atoms. The average molecular weight is 457 g/mol. The molecule has 1 saturated carbocycles. The predicted octanol–water partition coefficient (Wildman–Crippen LogP) is 4.77. The maximum Gasteiger partial charge on any atom is 0.390 e. The lowest BCUT2D eigenvalue weighted by Gasteiger charge is -2.51. The summed E-state index contributed by atoms with van der Waals surface area (Å²) in [5, 5.41) is 0. The molecule has 1 nitrogen and oxygen atoms in total. The summed E-state index contributed by atoms with van der Waals surface area (Å²) in [5.74, 6) is -47.0. The van der Waals surface area contributed by atoms with Gasteiger partial charge in [-0.2, -0.15) is 61.5 Å². The minimum absolute atomic E-state index is 3.99. The van der Waals surface area contributed by atoms with Crippen LogP contribution in [0.25, 0.3) is 0 Å². The van der Waals surface area contributed by atoms with Crippen LogP contribution in [0.3, 0.4) is 0 Å². The van der Waals surface area contributed by atoms with E-state index in [0.717, 1.165) is 0 Å². The van der Waals surface area contributed by atoms with Gasteiger partial charge in [0.05, 0.1) is 0 Å². The standard InChI is InChI=1S/C10F17N/c11-1-2(12)4(15,16)7(21,22)10(26,27)28(9(2,24)25)8(1,23)6(19,20)5(17,18)3(1,13)14. The third-order valence-corrected chi connectivity index (χ3v) is 5.06. The molecule has 2 saturated heterocycles. The van der Waals surface area contributed by atoms with Gasteiger partial charge in [0.1, 0.15) is 0 Å². The van der Waals surface area contributed by atoms with Gasteiger partial charge in [-0.05, 0) is 0 Å². The summed E-state index contributed by atoms with van der Waals surface area (Å²) in [6.45, 7) is 0. The van der Waals surface area contributed by atoms with Crippen molar-refractivity contribution in [1.82, 2.24) is 4.90 Å². The summed E-state index contributed by atoms with van der Waals surface area (Å²) in [4.78, 5) is -3.99. The number of nitrogens with zero attached hydrogens (tertiary/aromatic N) is 1. The molecule has 3 fully saturated rings. The first kappa shape index (κ1) is 21.5. The zero-order chi connectivity index (χ0) is 22.6. The zero-order valence-corrected chi connectivity index (χ0v) is 11.9. The lowest BCUT2D eigenvalue weighted by atomic mass is 9.74. The van der Waals surface area contributed by atoms with E-state index >= 15 is 0 Å². The quantitative estimate of drug-likeness (QED) is 0.374. The van der Waals surface area contributed by atoms with Crippen LogP contribution in [0.1, 0.15) is 0 Å². The van der Waals surface area contributed by atoms with Crippen LogP contribution in [0.4, 0.5) is 74.6 Å². The largest absolute Gasteiger partial charge is 0.390 e. The molecule has 2 heterocycles. The molecule has 164 valence electrons. The fourth-order valence-electron chi connectivity index (χ4n) is 3.66. The second kappa shape index (κ2) is 4.14. The number of piperidine rings is 1. The molecule has 1 aliphatic carbocycles.